The maximum atomic E-state index is 11.1. The molecular weight excluding hydrogens is 312 g/mol. The molecule has 134 valence electrons. The smallest absolute Gasteiger partial charge is 0.356 e. The molecule has 1 aliphatic rings. The Labute approximate surface area is 149 Å². The Kier molecular flexibility index (Phi) is 4.72. The Balaban J connectivity index is 1.80. The second-order valence-corrected chi connectivity index (χ2v) is 8.38. The molecule has 0 bridgehead atoms. The average Bonchev–Trinajstić information content (AvgIpc) is 2.96. The summed E-state index contributed by atoms with van der Waals surface area (Å²) in [6.45, 7) is 7.04. The van der Waals surface area contributed by atoms with Gasteiger partial charge >= 0.3 is 5.97 Å². The molecular formula is C21H28N2O2. The molecule has 3 rings (SSSR count). The van der Waals surface area contributed by atoms with E-state index in [1.165, 1.54) is 31.2 Å². The van der Waals surface area contributed by atoms with Crippen molar-refractivity contribution in [3.8, 4) is 11.3 Å². The topological polar surface area (TPSA) is 55.1 Å². The molecule has 1 aliphatic carbocycles. The van der Waals surface area contributed by atoms with Gasteiger partial charge in [0.25, 0.3) is 0 Å². The molecule has 1 aromatic carbocycles. The third-order valence-corrected chi connectivity index (χ3v) is 5.70. The van der Waals surface area contributed by atoms with Crippen LogP contribution >= 0.6 is 0 Å². The average molecular weight is 340 g/mol. The first-order valence-electron chi connectivity index (χ1n) is 9.13. The van der Waals surface area contributed by atoms with E-state index in [0.717, 1.165) is 17.2 Å². The van der Waals surface area contributed by atoms with Crippen LogP contribution in [0.3, 0.4) is 0 Å². The lowest BCUT2D eigenvalue weighted by Crippen LogP contribution is -2.25. The molecule has 2 aromatic rings. The largest absolute Gasteiger partial charge is 0.476 e. The number of aromatic carboxylic acids is 1. The van der Waals surface area contributed by atoms with Crippen LogP contribution in [0.4, 0.5) is 0 Å². The van der Waals surface area contributed by atoms with Crippen molar-refractivity contribution in [3.63, 3.8) is 0 Å². The second-order valence-electron chi connectivity index (χ2n) is 8.38. The van der Waals surface area contributed by atoms with Crippen molar-refractivity contribution in [3.05, 3.63) is 41.6 Å². The van der Waals surface area contributed by atoms with Gasteiger partial charge in [-0.15, -0.1) is 0 Å². The summed E-state index contributed by atoms with van der Waals surface area (Å²) >= 11 is 0. The fraction of sp³-hybridized carbons (Fsp3) is 0.524. The van der Waals surface area contributed by atoms with E-state index >= 15 is 0 Å². The molecule has 4 heteroatoms. The Morgan fingerprint density at radius 3 is 2.40 bits per heavy atom. The lowest BCUT2D eigenvalue weighted by atomic mass is 9.68. The normalized spacial score (nSPS) is 21.3. The van der Waals surface area contributed by atoms with Gasteiger partial charge in [0.15, 0.2) is 5.69 Å². The SMILES string of the molecule is Cn1nc(C(=O)O)cc1-c1cccc(C2CCC(C(C)(C)C)CC2)c1. The number of hydrogen-bond donors (Lipinski definition) is 1. The van der Waals surface area contributed by atoms with Crippen molar-refractivity contribution >= 4 is 5.97 Å². The highest BCUT2D eigenvalue weighted by Crippen LogP contribution is 2.43. The summed E-state index contributed by atoms with van der Waals surface area (Å²) in [6.07, 6.45) is 5.04. The zero-order valence-electron chi connectivity index (χ0n) is 15.6. The molecule has 0 aliphatic heterocycles. The standard InChI is InChI=1S/C21H28N2O2/c1-21(2,3)17-10-8-14(9-11-17)15-6-5-7-16(12-15)19-13-18(20(24)25)22-23(19)4/h5-7,12-14,17H,8-11H2,1-4H3,(H,24,25). The molecule has 1 fully saturated rings. The van der Waals surface area contributed by atoms with Crippen LogP contribution < -0.4 is 0 Å². The summed E-state index contributed by atoms with van der Waals surface area (Å²) in [5.74, 6) is 0.423. The summed E-state index contributed by atoms with van der Waals surface area (Å²) in [4.78, 5) is 11.1. The van der Waals surface area contributed by atoms with Gasteiger partial charge in [-0.2, -0.15) is 5.10 Å². The van der Waals surface area contributed by atoms with Crippen molar-refractivity contribution in [1.29, 1.82) is 0 Å². The molecule has 1 aromatic heterocycles. The van der Waals surface area contributed by atoms with Gasteiger partial charge in [-0.25, -0.2) is 4.79 Å². The van der Waals surface area contributed by atoms with E-state index in [1.54, 1.807) is 17.8 Å². The molecule has 0 unspecified atom stereocenters. The third-order valence-electron chi connectivity index (χ3n) is 5.70. The minimum absolute atomic E-state index is 0.0913. The molecule has 1 heterocycles. The Hall–Kier alpha value is -2.10. The van der Waals surface area contributed by atoms with E-state index in [4.69, 9.17) is 5.11 Å². The highest BCUT2D eigenvalue weighted by atomic mass is 16.4. The van der Waals surface area contributed by atoms with Gasteiger partial charge in [-0.3, -0.25) is 4.68 Å². The predicted molar refractivity (Wildman–Crippen MR) is 99.8 cm³/mol. The van der Waals surface area contributed by atoms with Gasteiger partial charge in [0.2, 0.25) is 0 Å². The van der Waals surface area contributed by atoms with Crippen LogP contribution in [-0.4, -0.2) is 20.9 Å². The number of aromatic nitrogens is 2. The molecule has 0 atom stereocenters. The first-order chi connectivity index (χ1) is 11.8. The van der Waals surface area contributed by atoms with Crippen molar-refractivity contribution in [2.45, 2.75) is 52.4 Å². The van der Waals surface area contributed by atoms with Crippen molar-refractivity contribution in [2.75, 3.05) is 0 Å². The Morgan fingerprint density at radius 2 is 1.84 bits per heavy atom. The number of carbonyl (C=O) groups is 1. The summed E-state index contributed by atoms with van der Waals surface area (Å²) in [7, 11) is 1.79. The van der Waals surface area contributed by atoms with E-state index in [2.05, 4.69) is 44.1 Å². The third kappa shape index (κ3) is 3.78. The number of nitrogens with zero attached hydrogens (tertiary/aromatic N) is 2. The minimum Gasteiger partial charge on any atom is -0.476 e. The minimum atomic E-state index is -0.987. The number of rotatable bonds is 3. The second kappa shape index (κ2) is 6.66. The summed E-state index contributed by atoms with van der Waals surface area (Å²) in [6, 6.07) is 10.2. The fourth-order valence-electron chi connectivity index (χ4n) is 4.09. The molecule has 0 spiro atoms. The quantitative estimate of drug-likeness (QED) is 0.845. The molecule has 0 amide bonds. The number of carboxylic acid groups (broad SMARTS) is 1. The van der Waals surface area contributed by atoms with E-state index in [-0.39, 0.29) is 5.69 Å². The monoisotopic (exact) mass is 340 g/mol. The lowest BCUT2D eigenvalue weighted by Gasteiger charge is -2.37. The first-order valence-corrected chi connectivity index (χ1v) is 9.13. The molecule has 0 radical (unpaired) electrons. The highest BCUT2D eigenvalue weighted by molar-refractivity contribution is 5.87. The first kappa shape index (κ1) is 17.7. The Bertz CT molecular complexity index is 762. The van der Waals surface area contributed by atoms with Crippen LogP contribution in [0.2, 0.25) is 0 Å². The van der Waals surface area contributed by atoms with Crippen molar-refractivity contribution in [2.24, 2.45) is 18.4 Å². The van der Waals surface area contributed by atoms with Crippen LogP contribution in [0, 0.1) is 11.3 Å². The summed E-state index contributed by atoms with van der Waals surface area (Å²) < 4.78 is 1.65. The molecule has 1 saturated carbocycles. The molecule has 1 N–H and O–H groups in total. The van der Waals surface area contributed by atoms with Crippen LogP contribution in [-0.2, 0) is 7.05 Å². The number of aryl methyl sites for hydroxylation is 1. The van der Waals surface area contributed by atoms with E-state index in [0.29, 0.717) is 11.3 Å². The Morgan fingerprint density at radius 1 is 1.16 bits per heavy atom. The van der Waals surface area contributed by atoms with E-state index in [1.807, 2.05) is 6.07 Å². The fourth-order valence-corrected chi connectivity index (χ4v) is 4.09. The van der Waals surface area contributed by atoms with Gasteiger partial charge in [0.05, 0.1) is 5.69 Å². The van der Waals surface area contributed by atoms with Gasteiger partial charge in [0.1, 0.15) is 0 Å². The van der Waals surface area contributed by atoms with Gasteiger partial charge in [0, 0.05) is 12.6 Å². The highest BCUT2D eigenvalue weighted by Gasteiger charge is 2.30. The van der Waals surface area contributed by atoms with Crippen LogP contribution in [0.1, 0.15) is 68.4 Å². The predicted octanol–water partition coefficient (Wildman–Crippen LogP) is 5.11. The zero-order valence-corrected chi connectivity index (χ0v) is 15.6. The van der Waals surface area contributed by atoms with Crippen LogP contribution in [0.5, 0.6) is 0 Å². The van der Waals surface area contributed by atoms with Crippen molar-refractivity contribution < 1.29 is 9.90 Å². The number of benzene rings is 1. The van der Waals surface area contributed by atoms with Crippen LogP contribution in [0.15, 0.2) is 30.3 Å². The molecule has 25 heavy (non-hydrogen) atoms. The number of hydrogen-bond acceptors (Lipinski definition) is 2. The zero-order chi connectivity index (χ0) is 18.2. The summed E-state index contributed by atoms with van der Waals surface area (Å²) in [5, 5.41) is 13.2. The van der Waals surface area contributed by atoms with Gasteiger partial charge < -0.3 is 5.11 Å². The van der Waals surface area contributed by atoms with Gasteiger partial charge in [-0.1, -0.05) is 39.0 Å². The number of carboxylic acids is 1. The van der Waals surface area contributed by atoms with Crippen LogP contribution in [0.25, 0.3) is 11.3 Å². The van der Waals surface area contributed by atoms with E-state index in [9.17, 15) is 4.79 Å². The maximum absolute atomic E-state index is 11.1. The lowest BCUT2D eigenvalue weighted by molar-refractivity contribution is 0.0689. The molecule has 0 saturated heterocycles. The van der Waals surface area contributed by atoms with E-state index < -0.39 is 5.97 Å². The maximum Gasteiger partial charge on any atom is 0.356 e. The van der Waals surface area contributed by atoms with Gasteiger partial charge in [-0.05, 0) is 60.6 Å². The summed E-state index contributed by atoms with van der Waals surface area (Å²) in [5.41, 5.74) is 3.74. The molecule has 4 nitrogen and oxygen atoms in total. The van der Waals surface area contributed by atoms with Crippen molar-refractivity contribution in [1.82, 2.24) is 9.78 Å².